The summed E-state index contributed by atoms with van der Waals surface area (Å²) in [5.41, 5.74) is 5.10. The quantitative estimate of drug-likeness (QED) is 0.685. The molecular weight excluding hydrogens is 252 g/mol. The van der Waals surface area contributed by atoms with Crippen LogP contribution in [0.25, 0.3) is 0 Å². The summed E-state index contributed by atoms with van der Waals surface area (Å²) in [4.78, 5) is 11.6. The molecule has 0 saturated carbocycles. The van der Waals surface area contributed by atoms with Gasteiger partial charge < -0.3 is 9.47 Å². The van der Waals surface area contributed by atoms with Gasteiger partial charge >= 0.3 is 6.16 Å². The monoisotopic (exact) mass is 264 g/mol. The Labute approximate surface area is 116 Å². The maximum Gasteiger partial charge on any atom is 0.509 e. The van der Waals surface area contributed by atoms with Crippen LogP contribution in [0.4, 0.5) is 4.79 Å². The predicted octanol–water partition coefficient (Wildman–Crippen LogP) is 3.18. The van der Waals surface area contributed by atoms with Gasteiger partial charge in [0.15, 0.2) is 12.2 Å². The minimum absolute atomic E-state index is 0.101. The minimum Gasteiger partial charge on any atom is -0.426 e. The molecule has 3 aliphatic carbocycles. The average molecular weight is 264 g/mol. The summed E-state index contributed by atoms with van der Waals surface area (Å²) in [5, 5.41) is 0. The van der Waals surface area contributed by atoms with Crippen LogP contribution in [-0.2, 0) is 9.47 Å². The van der Waals surface area contributed by atoms with Crippen LogP contribution in [0.15, 0.2) is 48.5 Å². The van der Waals surface area contributed by atoms with Gasteiger partial charge in [0.1, 0.15) is 0 Å². The normalized spacial score (nSPS) is 31.9. The highest BCUT2D eigenvalue weighted by atomic mass is 16.8. The van der Waals surface area contributed by atoms with Crippen LogP contribution >= 0.6 is 0 Å². The first-order valence-corrected chi connectivity index (χ1v) is 6.89. The molecule has 1 fully saturated rings. The fourth-order valence-corrected chi connectivity index (χ4v) is 4.10. The van der Waals surface area contributed by atoms with Crippen LogP contribution in [0.3, 0.4) is 0 Å². The van der Waals surface area contributed by atoms with E-state index in [1.54, 1.807) is 0 Å². The lowest BCUT2D eigenvalue weighted by Crippen LogP contribution is -2.45. The molecule has 2 aromatic rings. The van der Waals surface area contributed by atoms with Gasteiger partial charge in [0.25, 0.3) is 0 Å². The number of carbonyl (C=O) groups excluding carboxylic acids is 1. The molecule has 98 valence electrons. The van der Waals surface area contributed by atoms with Crippen molar-refractivity contribution in [2.24, 2.45) is 0 Å². The first-order chi connectivity index (χ1) is 9.84. The van der Waals surface area contributed by atoms with E-state index in [2.05, 4.69) is 48.5 Å². The molecule has 3 heteroatoms. The molecule has 2 aromatic carbocycles. The van der Waals surface area contributed by atoms with Crippen LogP contribution in [-0.4, -0.2) is 18.4 Å². The van der Waals surface area contributed by atoms with Crippen LogP contribution in [0.2, 0.25) is 0 Å². The molecule has 0 N–H and O–H groups in total. The van der Waals surface area contributed by atoms with E-state index in [1.807, 2.05) is 0 Å². The van der Waals surface area contributed by atoms with Crippen LogP contribution < -0.4 is 0 Å². The molecule has 1 saturated heterocycles. The van der Waals surface area contributed by atoms with E-state index in [9.17, 15) is 4.79 Å². The Morgan fingerprint density at radius 1 is 0.650 bits per heavy atom. The highest BCUT2D eigenvalue weighted by Gasteiger charge is 2.56. The van der Waals surface area contributed by atoms with Gasteiger partial charge in [-0.05, 0) is 22.3 Å². The van der Waals surface area contributed by atoms with Gasteiger partial charge in [-0.15, -0.1) is 0 Å². The minimum atomic E-state index is -0.532. The highest BCUT2D eigenvalue weighted by Crippen LogP contribution is 2.56. The van der Waals surface area contributed by atoms with Crippen molar-refractivity contribution in [2.75, 3.05) is 0 Å². The van der Waals surface area contributed by atoms with Crippen LogP contribution in [0, 0.1) is 0 Å². The lowest BCUT2D eigenvalue weighted by atomic mass is 9.61. The van der Waals surface area contributed by atoms with Gasteiger partial charge in [0, 0.05) is 0 Å². The molecule has 3 nitrogen and oxygen atoms in total. The zero-order valence-electron chi connectivity index (χ0n) is 10.7. The van der Waals surface area contributed by atoms with E-state index in [4.69, 9.17) is 9.47 Å². The van der Waals surface area contributed by atoms with Gasteiger partial charge in [-0.1, -0.05) is 48.5 Å². The average Bonchev–Trinajstić information content (AvgIpc) is 2.88. The Bertz CT molecular complexity index is 629. The summed E-state index contributed by atoms with van der Waals surface area (Å²) >= 11 is 0. The van der Waals surface area contributed by atoms with Crippen molar-refractivity contribution in [3.05, 3.63) is 70.8 Å². The Morgan fingerprint density at radius 2 is 1.00 bits per heavy atom. The van der Waals surface area contributed by atoms with E-state index < -0.39 is 6.16 Å². The van der Waals surface area contributed by atoms with E-state index >= 15 is 0 Å². The first kappa shape index (κ1) is 10.5. The zero-order valence-corrected chi connectivity index (χ0v) is 10.7. The molecule has 0 unspecified atom stereocenters. The smallest absolute Gasteiger partial charge is 0.426 e. The van der Waals surface area contributed by atoms with Gasteiger partial charge in [-0.2, -0.15) is 0 Å². The first-order valence-electron chi connectivity index (χ1n) is 6.89. The molecule has 4 aliphatic rings. The van der Waals surface area contributed by atoms with Crippen molar-refractivity contribution in [1.29, 1.82) is 0 Å². The van der Waals surface area contributed by atoms with Crippen LogP contribution in [0.1, 0.15) is 34.1 Å². The fourth-order valence-electron chi connectivity index (χ4n) is 4.10. The van der Waals surface area contributed by atoms with Gasteiger partial charge in [0.2, 0.25) is 0 Å². The number of benzene rings is 2. The number of hydrogen-bond donors (Lipinski definition) is 0. The molecule has 0 radical (unpaired) electrons. The summed E-state index contributed by atoms with van der Waals surface area (Å²) in [5.74, 6) is 0.202. The maximum atomic E-state index is 11.6. The van der Waals surface area contributed by atoms with Crippen molar-refractivity contribution in [2.45, 2.75) is 24.0 Å². The second-order valence-corrected chi connectivity index (χ2v) is 5.63. The SMILES string of the molecule is O=C1O[C@@H]2C3c4ccccc4C(c4ccccc43)[C@H]2O1. The molecule has 0 spiro atoms. The summed E-state index contributed by atoms with van der Waals surface area (Å²) in [7, 11) is 0. The lowest BCUT2D eigenvalue weighted by Gasteiger charge is -2.44. The Hall–Kier alpha value is -2.29. The molecule has 2 atom stereocenters. The summed E-state index contributed by atoms with van der Waals surface area (Å²) in [6.45, 7) is 0. The largest absolute Gasteiger partial charge is 0.509 e. The van der Waals surface area contributed by atoms with Crippen molar-refractivity contribution in [3.8, 4) is 0 Å². The predicted molar refractivity (Wildman–Crippen MR) is 71.7 cm³/mol. The summed E-state index contributed by atoms with van der Waals surface area (Å²) in [6.07, 6.45) is -0.898. The van der Waals surface area contributed by atoms with E-state index in [0.717, 1.165) is 0 Å². The van der Waals surface area contributed by atoms with Crippen molar-refractivity contribution >= 4 is 6.16 Å². The van der Waals surface area contributed by atoms with Gasteiger partial charge in [0.05, 0.1) is 11.8 Å². The zero-order chi connectivity index (χ0) is 13.3. The number of rotatable bonds is 0. The van der Waals surface area contributed by atoms with Crippen molar-refractivity contribution in [1.82, 2.24) is 0 Å². The van der Waals surface area contributed by atoms with Crippen molar-refractivity contribution in [3.63, 3.8) is 0 Å². The van der Waals surface area contributed by atoms with Crippen LogP contribution in [0.5, 0.6) is 0 Å². The van der Waals surface area contributed by atoms with Gasteiger partial charge in [-0.3, -0.25) is 0 Å². The molecule has 0 amide bonds. The Morgan fingerprint density at radius 3 is 1.35 bits per heavy atom. The summed E-state index contributed by atoms with van der Waals surface area (Å²) in [6, 6.07) is 16.8. The molecular formula is C17H12O3. The number of carbonyl (C=O) groups is 1. The fraction of sp³-hybridized carbons (Fsp3) is 0.235. The third-order valence-electron chi connectivity index (χ3n) is 4.78. The second-order valence-electron chi connectivity index (χ2n) is 5.63. The maximum absolute atomic E-state index is 11.6. The van der Waals surface area contributed by atoms with Gasteiger partial charge in [-0.25, -0.2) is 4.79 Å². The Kier molecular flexibility index (Phi) is 1.80. The molecule has 1 heterocycles. The second kappa shape index (κ2) is 3.42. The molecule has 6 rings (SSSR count). The topological polar surface area (TPSA) is 35.5 Å². The third kappa shape index (κ3) is 1.10. The molecule has 20 heavy (non-hydrogen) atoms. The molecule has 1 aliphatic heterocycles. The number of ether oxygens (including phenoxy) is 2. The van der Waals surface area contributed by atoms with Crippen molar-refractivity contribution < 1.29 is 14.3 Å². The standard InChI is InChI=1S/C17H12O3/c18-17-19-15-13-9-5-1-2-6-10(9)14(16(15)20-17)12-8-4-3-7-11(12)13/h1-8,13-16H/t13?,14?,15-,16-/m1/s1. The van der Waals surface area contributed by atoms with E-state index in [-0.39, 0.29) is 24.0 Å². The lowest BCUT2D eigenvalue weighted by molar-refractivity contribution is 0.103. The van der Waals surface area contributed by atoms with E-state index in [1.165, 1.54) is 22.3 Å². The molecule has 2 bridgehead atoms. The molecule has 0 aromatic heterocycles. The number of hydrogen-bond acceptors (Lipinski definition) is 3. The Balaban J connectivity index is 1.83. The van der Waals surface area contributed by atoms with E-state index in [0.29, 0.717) is 0 Å². The highest BCUT2D eigenvalue weighted by molar-refractivity contribution is 5.67. The third-order valence-corrected chi connectivity index (χ3v) is 4.78. The summed E-state index contributed by atoms with van der Waals surface area (Å²) < 4.78 is 10.9.